The predicted molar refractivity (Wildman–Crippen MR) is 120 cm³/mol. The van der Waals surface area contributed by atoms with Gasteiger partial charge in [0.1, 0.15) is 16.4 Å². The lowest BCUT2D eigenvalue weighted by Gasteiger charge is -2.38. The van der Waals surface area contributed by atoms with E-state index < -0.39 is 12.1 Å². The second-order valence-corrected chi connectivity index (χ2v) is 9.94. The summed E-state index contributed by atoms with van der Waals surface area (Å²) in [5.74, 6) is -2.54. The number of hydrogen-bond donors (Lipinski definition) is 3. The lowest BCUT2D eigenvalue weighted by molar-refractivity contribution is -0.192. The summed E-state index contributed by atoms with van der Waals surface area (Å²) in [6, 6.07) is 0. The van der Waals surface area contributed by atoms with E-state index in [0.29, 0.717) is 11.0 Å². The van der Waals surface area contributed by atoms with Gasteiger partial charge in [0.15, 0.2) is 11.5 Å². The molecule has 0 radical (unpaired) electrons. The fraction of sp³-hybridized carbons (Fsp3) is 0.333. The van der Waals surface area contributed by atoms with E-state index in [1.54, 1.807) is 35.7 Å². The van der Waals surface area contributed by atoms with Gasteiger partial charge in [-0.3, -0.25) is 14.8 Å². The molecule has 2 bridgehead atoms. The molecule has 4 heterocycles. The number of phenolic OH excluding ortho intramolecular Hbond substituents is 1. The molecule has 0 amide bonds. The number of aromatic hydroxyl groups is 1. The zero-order valence-electron chi connectivity index (χ0n) is 17.0. The number of anilines is 1. The first kappa shape index (κ1) is 22.1. The highest BCUT2D eigenvalue weighted by atomic mass is 32.2. The van der Waals surface area contributed by atoms with Crippen molar-refractivity contribution in [2.24, 2.45) is 9.98 Å². The van der Waals surface area contributed by atoms with Crippen molar-refractivity contribution < 1.29 is 33.0 Å². The molecule has 0 unspecified atom stereocenters. The Bertz CT molecular complexity index is 1350. The number of rotatable bonds is 1. The average Bonchev–Trinajstić information content (AvgIpc) is 3.31. The highest BCUT2D eigenvalue weighted by Gasteiger charge is 2.55. The van der Waals surface area contributed by atoms with Gasteiger partial charge >= 0.3 is 12.1 Å². The molecule has 1 aliphatic carbocycles. The smallest absolute Gasteiger partial charge is 0.490 e. The van der Waals surface area contributed by atoms with Gasteiger partial charge < -0.3 is 15.5 Å². The molecule has 0 saturated carbocycles. The van der Waals surface area contributed by atoms with Crippen molar-refractivity contribution in [2.75, 3.05) is 18.1 Å². The van der Waals surface area contributed by atoms with Crippen molar-refractivity contribution in [3.8, 4) is 5.75 Å². The summed E-state index contributed by atoms with van der Waals surface area (Å²) in [5, 5.41) is 23.4. The first-order valence-electron chi connectivity index (χ1n) is 9.85. The lowest BCUT2D eigenvalue weighted by Crippen LogP contribution is -2.41. The van der Waals surface area contributed by atoms with Crippen LogP contribution in [0.1, 0.15) is 18.4 Å². The van der Waals surface area contributed by atoms with Crippen molar-refractivity contribution in [3.05, 3.63) is 38.1 Å². The second kappa shape index (κ2) is 7.39. The molecule has 0 aromatic heterocycles. The first-order chi connectivity index (χ1) is 15.6. The molecule has 33 heavy (non-hydrogen) atoms. The molecular formula is C21H16F3N3O4S2. The molecule has 1 fully saturated rings. The van der Waals surface area contributed by atoms with Crippen LogP contribution in [0.3, 0.4) is 0 Å². The van der Waals surface area contributed by atoms with Crippen LogP contribution in [-0.2, 0) is 15.0 Å². The number of alkyl halides is 3. The fourth-order valence-corrected chi connectivity index (χ4v) is 7.24. The average molecular weight is 496 g/mol. The molecule has 3 N–H and O–H groups in total. The number of benzene rings is 1. The summed E-state index contributed by atoms with van der Waals surface area (Å²) < 4.78 is 31.7. The summed E-state index contributed by atoms with van der Waals surface area (Å²) in [6.07, 6.45) is 4.06. The van der Waals surface area contributed by atoms with Crippen LogP contribution in [0.15, 0.2) is 31.9 Å². The summed E-state index contributed by atoms with van der Waals surface area (Å²) in [6.45, 7) is 0.841. The standard InChI is InChI=1S/C19H15N3O2S2.C2HF3O2/c1-25-10-4-9(23)5-11-19(10)6-12(26-11)22-17-14(19)15-13-8(2-3-20-15)7-21-16(13)18(17)24;3-2(4,5)1(6)7/h4-5,7,12,20,24H,2-3,6H2,1H3;(H,6,7)/t12-,19+;/m0./s1. The van der Waals surface area contributed by atoms with Crippen LogP contribution >= 0.6 is 23.5 Å². The third-order valence-corrected chi connectivity index (χ3v) is 8.25. The van der Waals surface area contributed by atoms with E-state index in [-0.39, 0.29) is 22.3 Å². The van der Waals surface area contributed by atoms with Gasteiger partial charge in [-0.2, -0.15) is 13.2 Å². The number of ketones is 1. The highest BCUT2D eigenvalue weighted by molar-refractivity contribution is 8.05. The normalized spacial score (nSPS) is 25.5. The number of allylic oxidation sites excluding steroid dienone is 4. The van der Waals surface area contributed by atoms with E-state index in [2.05, 4.69) is 10.3 Å². The number of carbonyl (C=O) groups is 2. The Hall–Kier alpha value is -2.73. The number of fused-ring (bicyclic) bond motifs is 3. The summed E-state index contributed by atoms with van der Waals surface area (Å²) >= 11 is 3.28. The van der Waals surface area contributed by atoms with Crippen molar-refractivity contribution >= 4 is 58.4 Å². The maximum absolute atomic E-state index is 12.2. The maximum atomic E-state index is 12.2. The molecule has 4 aliphatic heterocycles. The van der Waals surface area contributed by atoms with Crippen molar-refractivity contribution in [1.29, 1.82) is 0 Å². The number of halogens is 3. The highest BCUT2D eigenvalue weighted by Crippen LogP contribution is 2.62. The van der Waals surface area contributed by atoms with Crippen LogP contribution in [0.2, 0.25) is 0 Å². The van der Waals surface area contributed by atoms with Crippen LogP contribution in [0.4, 0.5) is 24.5 Å². The number of aliphatic carboxylic acids is 1. The summed E-state index contributed by atoms with van der Waals surface area (Å²) in [7, 11) is 0. The monoisotopic (exact) mass is 495 g/mol. The minimum absolute atomic E-state index is 0.0174. The van der Waals surface area contributed by atoms with Crippen LogP contribution in [0, 0.1) is 0 Å². The second-order valence-electron chi connectivity index (χ2n) is 7.87. The van der Waals surface area contributed by atoms with Crippen LogP contribution in [0.5, 0.6) is 5.75 Å². The Morgan fingerprint density at radius 3 is 2.76 bits per heavy atom. The predicted octanol–water partition coefficient (Wildman–Crippen LogP) is 2.76. The third-order valence-electron chi connectivity index (χ3n) is 6.08. The SMILES string of the molecule is CSC1=CC(=O)C=C2S[C@H]3C[C@@]12c1c2c4c(c(O)c1=N3)N=CC=4CCN2.O=C(O)C(F)(F)F. The van der Waals surface area contributed by atoms with Gasteiger partial charge in [-0.25, -0.2) is 4.79 Å². The Morgan fingerprint density at radius 2 is 2.09 bits per heavy atom. The third kappa shape index (κ3) is 3.14. The van der Waals surface area contributed by atoms with Gasteiger partial charge in [0, 0.05) is 33.4 Å². The molecule has 1 spiro atoms. The van der Waals surface area contributed by atoms with E-state index in [4.69, 9.17) is 14.9 Å². The van der Waals surface area contributed by atoms with Gasteiger partial charge in [0.2, 0.25) is 0 Å². The van der Waals surface area contributed by atoms with E-state index in [1.807, 2.05) is 12.5 Å². The van der Waals surface area contributed by atoms with Crippen LogP contribution in [0.25, 0.3) is 5.57 Å². The Kier molecular flexibility index (Phi) is 4.94. The summed E-state index contributed by atoms with van der Waals surface area (Å²) in [5.41, 5.74) is 3.50. The summed E-state index contributed by atoms with van der Waals surface area (Å²) in [4.78, 5) is 32.6. The molecule has 5 aliphatic rings. The lowest BCUT2D eigenvalue weighted by atomic mass is 9.71. The van der Waals surface area contributed by atoms with Gasteiger partial charge in [0.05, 0.1) is 11.1 Å². The Morgan fingerprint density at radius 1 is 1.36 bits per heavy atom. The molecule has 7 nitrogen and oxygen atoms in total. The number of phenols is 1. The zero-order valence-corrected chi connectivity index (χ0v) is 18.6. The molecule has 172 valence electrons. The van der Waals surface area contributed by atoms with E-state index in [9.17, 15) is 23.1 Å². The van der Waals surface area contributed by atoms with E-state index in [0.717, 1.165) is 45.7 Å². The van der Waals surface area contributed by atoms with Crippen molar-refractivity contribution in [3.63, 3.8) is 0 Å². The number of thioether (sulfide) groups is 2. The van der Waals surface area contributed by atoms with Gasteiger partial charge in [-0.05, 0) is 36.8 Å². The number of hydrogen-bond acceptors (Lipinski definition) is 8. The fourth-order valence-electron chi connectivity index (χ4n) is 4.84. The first-order valence-corrected chi connectivity index (χ1v) is 12.0. The number of carbonyl (C=O) groups excluding carboxylic acids is 1. The van der Waals surface area contributed by atoms with E-state index in [1.165, 1.54) is 5.57 Å². The molecule has 1 aromatic carbocycles. The molecule has 1 saturated heterocycles. The topological polar surface area (TPSA) is 111 Å². The number of carboxylic acid groups (broad SMARTS) is 1. The number of carboxylic acids is 1. The van der Waals surface area contributed by atoms with Crippen molar-refractivity contribution in [2.45, 2.75) is 29.8 Å². The molecule has 1 aromatic rings. The number of nitrogens with zero attached hydrogens (tertiary/aromatic N) is 2. The zero-order chi connectivity index (χ0) is 23.7. The molecule has 12 heteroatoms. The van der Waals surface area contributed by atoms with Gasteiger partial charge in [-0.15, -0.1) is 23.5 Å². The van der Waals surface area contributed by atoms with Crippen LogP contribution in [-0.4, -0.2) is 52.5 Å². The number of aliphatic imine (C=N–C) groups is 1. The molecule has 2 atom stereocenters. The minimum Gasteiger partial charge on any atom is -0.504 e. The van der Waals surface area contributed by atoms with Gasteiger partial charge in [0.25, 0.3) is 0 Å². The van der Waals surface area contributed by atoms with Gasteiger partial charge in [-0.1, -0.05) is 0 Å². The Balaban J connectivity index is 0.000000287. The Labute approximate surface area is 193 Å². The number of nitrogens with one attached hydrogen (secondary N) is 1. The molecule has 6 rings (SSSR count). The molecular weight excluding hydrogens is 479 g/mol. The minimum atomic E-state index is -5.08. The van der Waals surface area contributed by atoms with Crippen molar-refractivity contribution in [1.82, 2.24) is 0 Å². The quantitative estimate of drug-likeness (QED) is 0.514. The van der Waals surface area contributed by atoms with E-state index >= 15 is 0 Å². The van der Waals surface area contributed by atoms with Crippen LogP contribution < -0.4 is 15.9 Å². The maximum Gasteiger partial charge on any atom is 0.490 e. The largest absolute Gasteiger partial charge is 0.504 e.